The van der Waals surface area contributed by atoms with Crippen molar-refractivity contribution in [3.8, 4) is 17.0 Å². The summed E-state index contributed by atoms with van der Waals surface area (Å²) in [6, 6.07) is 11.3. The molecule has 3 heteroatoms. The zero-order valence-electron chi connectivity index (χ0n) is 9.04. The molecule has 0 amide bonds. The Morgan fingerprint density at radius 3 is 2.71 bits per heavy atom. The summed E-state index contributed by atoms with van der Waals surface area (Å²) in [5, 5.41) is 11.9. The molecule has 0 unspecified atom stereocenters. The summed E-state index contributed by atoms with van der Waals surface area (Å²) < 4.78 is 0. The van der Waals surface area contributed by atoms with Crippen LogP contribution < -0.4 is 0 Å². The minimum atomic E-state index is 0.172. The fraction of sp³-hybridized carbons (Fsp3) is 0. The first-order valence-corrected chi connectivity index (χ1v) is 5.33. The Kier molecular flexibility index (Phi) is 2.22. The summed E-state index contributed by atoms with van der Waals surface area (Å²) in [6.07, 6.45) is 5.19. The van der Waals surface area contributed by atoms with E-state index in [1.54, 1.807) is 30.7 Å². The second kappa shape index (κ2) is 3.87. The van der Waals surface area contributed by atoms with Gasteiger partial charge in [-0.05, 0) is 17.5 Å². The minimum absolute atomic E-state index is 0.172. The normalized spacial score (nSPS) is 10.6. The van der Waals surface area contributed by atoms with Gasteiger partial charge in [0.1, 0.15) is 11.4 Å². The van der Waals surface area contributed by atoms with E-state index in [2.05, 4.69) is 9.97 Å². The van der Waals surface area contributed by atoms with E-state index in [9.17, 15) is 5.11 Å². The molecule has 0 aliphatic carbocycles. The summed E-state index contributed by atoms with van der Waals surface area (Å²) in [5.41, 5.74) is 1.41. The van der Waals surface area contributed by atoms with E-state index >= 15 is 0 Å². The quantitative estimate of drug-likeness (QED) is 0.688. The van der Waals surface area contributed by atoms with Gasteiger partial charge in [0.05, 0.1) is 0 Å². The van der Waals surface area contributed by atoms with Crippen LogP contribution in [-0.4, -0.2) is 15.1 Å². The van der Waals surface area contributed by atoms with Crippen LogP contribution >= 0.6 is 0 Å². The highest BCUT2D eigenvalue weighted by molar-refractivity contribution is 5.95. The number of benzene rings is 1. The van der Waals surface area contributed by atoms with Crippen LogP contribution in [0, 0.1) is 0 Å². The van der Waals surface area contributed by atoms with Gasteiger partial charge in [-0.25, -0.2) is 0 Å². The lowest BCUT2D eigenvalue weighted by Crippen LogP contribution is -1.87. The number of hydrogen-bond acceptors (Lipinski definition) is 3. The number of rotatable bonds is 1. The van der Waals surface area contributed by atoms with Crippen LogP contribution in [-0.2, 0) is 0 Å². The van der Waals surface area contributed by atoms with Crippen molar-refractivity contribution in [1.29, 1.82) is 0 Å². The fourth-order valence-corrected chi connectivity index (χ4v) is 1.91. The highest BCUT2D eigenvalue weighted by atomic mass is 16.3. The van der Waals surface area contributed by atoms with Gasteiger partial charge in [-0.2, -0.15) is 0 Å². The van der Waals surface area contributed by atoms with Crippen LogP contribution in [0.3, 0.4) is 0 Å². The molecule has 1 N–H and O–H groups in total. The predicted molar refractivity (Wildman–Crippen MR) is 66.6 cm³/mol. The topological polar surface area (TPSA) is 46.0 Å². The molecule has 0 fully saturated rings. The van der Waals surface area contributed by atoms with Crippen molar-refractivity contribution in [3.05, 3.63) is 55.0 Å². The van der Waals surface area contributed by atoms with Crippen LogP contribution in [0.15, 0.2) is 55.0 Å². The molecule has 0 bridgehead atoms. The van der Waals surface area contributed by atoms with Crippen molar-refractivity contribution in [2.45, 2.75) is 0 Å². The number of aromatic hydroxyl groups is 1. The van der Waals surface area contributed by atoms with Gasteiger partial charge in [0.2, 0.25) is 0 Å². The molecule has 0 atom stereocenters. The lowest BCUT2D eigenvalue weighted by atomic mass is 10.0. The van der Waals surface area contributed by atoms with Crippen molar-refractivity contribution in [3.63, 3.8) is 0 Å². The molecular weight excluding hydrogens is 212 g/mol. The molecule has 3 nitrogen and oxygen atoms in total. The highest BCUT2D eigenvalue weighted by Crippen LogP contribution is 2.31. The maximum absolute atomic E-state index is 9.83. The maximum atomic E-state index is 9.83. The van der Waals surface area contributed by atoms with E-state index in [0.717, 1.165) is 16.3 Å². The lowest BCUT2D eigenvalue weighted by Gasteiger charge is -2.06. The van der Waals surface area contributed by atoms with Crippen molar-refractivity contribution in [2.75, 3.05) is 0 Å². The van der Waals surface area contributed by atoms with E-state index in [4.69, 9.17) is 0 Å². The molecule has 0 aliphatic rings. The van der Waals surface area contributed by atoms with Gasteiger partial charge in [0.15, 0.2) is 0 Å². The predicted octanol–water partition coefficient (Wildman–Crippen LogP) is 3.00. The molecule has 0 spiro atoms. The molecule has 3 rings (SSSR count). The average Bonchev–Trinajstić information content (AvgIpc) is 2.39. The van der Waals surface area contributed by atoms with Gasteiger partial charge < -0.3 is 5.11 Å². The molecule has 82 valence electrons. The third-order valence-corrected chi connectivity index (χ3v) is 2.71. The minimum Gasteiger partial charge on any atom is -0.506 e. The molecule has 0 saturated carbocycles. The first-order valence-electron chi connectivity index (χ1n) is 5.33. The smallest absolute Gasteiger partial charge is 0.141 e. The number of nitrogens with zero attached hydrogens (tertiary/aromatic N) is 2. The number of fused-ring (bicyclic) bond motifs is 1. The average molecular weight is 222 g/mol. The Labute approximate surface area is 98.4 Å². The van der Waals surface area contributed by atoms with Crippen molar-refractivity contribution >= 4 is 10.8 Å². The van der Waals surface area contributed by atoms with Crippen molar-refractivity contribution in [1.82, 2.24) is 9.97 Å². The van der Waals surface area contributed by atoms with Gasteiger partial charge >= 0.3 is 0 Å². The Hall–Kier alpha value is -2.42. The third-order valence-electron chi connectivity index (χ3n) is 2.71. The van der Waals surface area contributed by atoms with Gasteiger partial charge in [0.25, 0.3) is 0 Å². The zero-order valence-corrected chi connectivity index (χ0v) is 9.04. The van der Waals surface area contributed by atoms with Crippen molar-refractivity contribution < 1.29 is 5.11 Å². The highest BCUT2D eigenvalue weighted by Gasteiger charge is 2.08. The molecule has 2 heterocycles. The Morgan fingerprint density at radius 1 is 0.941 bits per heavy atom. The van der Waals surface area contributed by atoms with E-state index in [1.807, 2.05) is 24.3 Å². The largest absolute Gasteiger partial charge is 0.506 e. The van der Waals surface area contributed by atoms with E-state index in [-0.39, 0.29) is 5.75 Å². The Morgan fingerprint density at radius 2 is 1.82 bits per heavy atom. The summed E-state index contributed by atoms with van der Waals surface area (Å²) in [5.74, 6) is 0.172. The van der Waals surface area contributed by atoms with E-state index < -0.39 is 0 Å². The third kappa shape index (κ3) is 1.61. The SMILES string of the molecule is Oc1cccnc1-c1cncc2ccccc12. The van der Waals surface area contributed by atoms with Crippen LogP contribution in [0.25, 0.3) is 22.0 Å². The molecule has 17 heavy (non-hydrogen) atoms. The van der Waals surface area contributed by atoms with Gasteiger partial charge in [0, 0.05) is 29.5 Å². The Bertz CT molecular complexity index is 674. The first kappa shape index (κ1) is 9.78. The fourth-order valence-electron chi connectivity index (χ4n) is 1.91. The van der Waals surface area contributed by atoms with Gasteiger partial charge in [-0.3, -0.25) is 9.97 Å². The second-order valence-corrected chi connectivity index (χ2v) is 3.78. The maximum Gasteiger partial charge on any atom is 0.141 e. The molecule has 1 aromatic carbocycles. The molecule has 0 aliphatic heterocycles. The monoisotopic (exact) mass is 222 g/mol. The van der Waals surface area contributed by atoms with Crippen LogP contribution in [0.5, 0.6) is 5.75 Å². The summed E-state index contributed by atoms with van der Waals surface area (Å²) in [4.78, 5) is 8.39. The van der Waals surface area contributed by atoms with Crippen LogP contribution in [0.2, 0.25) is 0 Å². The zero-order chi connectivity index (χ0) is 11.7. The molecule has 2 aromatic heterocycles. The lowest BCUT2D eigenvalue weighted by molar-refractivity contribution is 0.475. The van der Waals surface area contributed by atoms with Crippen molar-refractivity contribution in [2.24, 2.45) is 0 Å². The molecule has 0 saturated heterocycles. The summed E-state index contributed by atoms with van der Waals surface area (Å²) >= 11 is 0. The second-order valence-electron chi connectivity index (χ2n) is 3.78. The summed E-state index contributed by atoms with van der Waals surface area (Å²) in [6.45, 7) is 0. The van der Waals surface area contributed by atoms with Crippen LogP contribution in [0.4, 0.5) is 0 Å². The molecular formula is C14H10N2O. The number of hydrogen-bond donors (Lipinski definition) is 1. The standard InChI is InChI=1S/C14H10N2O/c17-13-6-3-7-16-14(13)12-9-15-8-10-4-1-2-5-11(10)12/h1-9,17H. The molecule has 3 aromatic rings. The first-order chi connectivity index (χ1) is 8.36. The Balaban J connectivity index is 2.35. The van der Waals surface area contributed by atoms with Gasteiger partial charge in [-0.1, -0.05) is 24.3 Å². The molecule has 0 radical (unpaired) electrons. The number of aromatic nitrogens is 2. The van der Waals surface area contributed by atoms with Crippen LogP contribution in [0.1, 0.15) is 0 Å². The van der Waals surface area contributed by atoms with E-state index in [1.165, 1.54) is 0 Å². The summed E-state index contributed by atoms with van der Waals surface area (Å²) in [7, 11) is 0. The van der Waals surface area contributed by atoms with E-state index in [0.29, 0.717) is 5.69 Å². The van der Waals surface area contributed by atoms with Gasteiger partial charge in [-0.15, -0.1) is 0 Å². The number of pyridine rings is 2.